The summed E-state index contributed by atoms with van der Waals surface area (Å²) in [5.41, 5.74) is 7.89. The third-order valence-electron chi connectivity index (χ3n) is 4.27. The van der Waals surface area contributed by atoms with Crippen molar-refractivity contribution < 1.29 is 0 Å². The molecule has 0 unspecified atom stereocenters. The highest BCUT2D eigenvalue weighted by Crippen LogP contribution is 2.25. The van der Waals surface area contributed by atoms with Gasteiger partial charge in [0.2, 0.25) is 0 Å². The van der Waals surface area contributed by atoms with Crippen LogP contribution in [-0.2, 0) is 6.54 Å². The van der Waals surface area contributed by atoms with Gasteiger partial charge in [-0.3, -0.25) is 4.90 Å². The average molecular weight is 272 g/mol. The van der Waals surface area contributed by atoms with Crippen LogP contribution in [0.2, 0.25) is 0 Å². The second-order valence-electron chi connectivity index (χ2n) is 5.75. The van der Waals surface area contributed by atoms with Gasteiger partial charge in [0.15, 0.2) is 0 Å². The fourth-order valence-electron chi connectivity index (χ4n) is 3.23. The van der Waals surface area contributed by atoms with E-state index in [4.69, 9.17) is 10.7 Å². The second-order valence-corrected chi connectivity index (χ2v) is 5.75. The number of aromatic nitrogens is 2. The van der Waals surface area contributed by atoms with Crippen LogP contribution in [0, 0.1) is 0 Å². The monoisotopic (exact) mass is 272 g/mol. The molecule has 0 amide bonds. The van der Waals surface area contributed by atoms with Gasteiger partial charge >= 0.3 is 0 Å². The van der Waals surface area contributed by atoms with Crippen molar-refractivity contribution in [1.29, 1.82) is 0 Å². The summed E-state index contributed by atoms with van der Waals surface area (Å²) in [5.74, 6) is 0. The molecule has 3 rings (SSSR count). The Bertz CT molecular complexity index is 509. The van der Waals surface area contributed by atoms with Crippen LogP contribution in [0.4, 0.5) is 0 Å². The van der Waals surface area contributed by atoms with Gasteiger partial charge < -0.3 is 10.1 Å². The molecule has 0 radical (unpaired) electrons. The first-order chi connectivity index (χ1) is 9.86. The first-order valence-corrected chi connectivity index (χ1v) is 7.73. The Morgan fingerprint density at radius 1 is 1.30 bits per heavy atom. The smallest absolute Gasteiger partial charge is 0.137 e. The van der Waals surface area contributed by atoms with Gasteiger partial charge in [-0.2, -0.15) is 0 Å². The van der Waals surface area contributed by atoms with E-state index in [1.54, 1.807) is 0 Å². The first kappa shape index (κ1) is 13.6. The summed E-state index contributed by atoms with van der Waals surface area (Å²) in [5, 5.41) is 0. The highest BCUT2D eigenvalue weighted by Gasteiger charge is 2.22. The molecule has 2 N–H and O–H groups in total. The third-order valence-corrected chi connectivity index (χ3v) is 4.27. The highest BCUT2D eigenvalue weighted by molar-refractivity contribution is 5.39. The minimum atomic E-state index is 0.728. The molecule has 20 heavy (non-hydrogen) atoms. The zero-order chi connectivity index (χ0) is 13.8. The molecule has 1 aliphatic carbocycles. The van der Waals surface area contributed by atoms with Crippen LogP contribution < -0.4 is 5.73 Å². The molecule has 1 aliphatic rings. The van der Waals surface area contributed by atoms with E-state index in [2.05, 4.69) is 27.8 Å². The van der Waals surface area contributed by atoms with Crippen molar-refractivity contribution in [3.8, 4) is 0 Å². The Kier molecular flexibility index (Phi) is 4.33. The molecule has 0 bridgehead atoms. The van der Waals surface area contributed by atoms with Crippen LogP contribution in [0.3, 0.4) is 0 Å². The lowest BCUT2D eigenvalue weighted by Gasteiger charge is -2.27. The van der Waals surface area contributed by atoms with Crippen molar-refractivity contribution in [2.24, 2.45) is 5.73 Å². The molecule has 1 fully saturated rings. The number of hydrogen-bond acceptors (Lipinski definition) is 3. The van der Waals surface area contributed by atoms with Crippen LogP contribution >= 0.6 is 0 Å². The second kappa shape index (κ2) is 6.37. The maximum absolute atomic E-state index is 5.68. The van der Waals surface area contributed by atoms with Crippen molar-refractivity contribution in [2.45, 2.75) is 44.7 Å². The van der Waals surface area contributed by atoms with E-state index in [1.807, 2.05) is 12.1 Å². The molecular weight excluding hydrogens is 248 g/mol. The van der Waals surface area contributed by atoms with Gasteiger partial charge in [0.05, 0.1) is 5.69 Å². The van der Waals surface area contributed by atoms with E-state index in [-0.39, 0.29) is 0 Å². The molecule has 2 aromatic heterocycles. The quantitative estimate of drug-likeness (QED) is 0.878. The third kappa shape index (κ3) is 3.02. The van der Waals surface area contributed by atoms with Gasteiger partial charge in [0.1, 0.15) is 5.65 Å². The van der Waals surface area contributed by atoms with Gasteiger partial charge in [-0.15, -0.1) is 0 Å². The predicted molar refractivity (Wildman–Crippen MR) is 81.5 cm³/mol. The summed E-state index contributed by atoms with van der Waals surface area (Å²) in [7, 11) is 0. The molecule has 0 atom stereocenters. The minimum Gasteiger partial charge on any atom is -0.330 e. The van der Waals surface area contributed by atoms with Gasteiger partial charge in [0.25, 0.3) is 0 Å². The van der Waals surface area contributed by atoms with Crippen LogP contribution in [0.25, 0.3) is 5.65 Å². The minimum absolute atomic E-state index is 0.728. The highest BCUT2D eigenvalue weighted by atomic mass is 15.2. The lowest BCUT2D eigenvalue weighted by Crippen LogP contribution is -2.34. The number of nitrogens with two attached hydrogens (primary N) is 1. The van der Waals surface area contributed by atoms with Crippen molar-refractivity contribution >= 4 is 5.65 Å². The molecule has 0 saturated heterocycles. The van der Waals surface area contributed by atoms with E-state index in [0.29, 0.717) is 0 Å². The van der Waals surface area contributed by atoms with Crippen molar-refractivity contribution in [1.82, 2.24) is 14.3 Å². The van der Waals surface area contributed by atoms with Crippen molar-refractivity contribution in [3.05, 3.63) is 36.3 Å². The summed E-state index contributed by atoms with van der Waals surface area (Å²) >= 11 is 0. The van der Waals surface area contributed by atoms with E-state index < -0.39 is 0 Å². The number of nitrogens with zero attached hydrogens (tertiary/aromatic N) is 3. The zero-order valence-corrected chi connectivity index (χ0v) is 12.0. The fraction of sp³-hybridized carbons (Fsp3) is 0.562. The van der Waals surface area contributed by atoms with Gasteiger partial charge in [0, 0.05) is 31.5 Å². The number of rotatable bonds is 6. The molecular formula is C16H24N4. The van der Waals surface area contributed by atoms with E-state index in [9.17, 15) is 0 Å². The number of imidazole rings is 1. The molecule has 108 valence electrons. The molecule has 0 aromatic carbocycles. The molecule has 4 heteroatoms. The van der Waals surface area contributed by atoms with E-state index >= 15 is 0 Å². The van der Waals surface area contributed by atoms with E-state index in [0.717, 1.165) is 37.7 Å². The van der Waals surface area contributed by atoms with Gasteiger partial charge in [-0.25, -0.2) is 4.98 Å². The Morgan fingerprint density at radius 3 is 2.90 bits per heavy atom. The topological polar surface area (TPSA) is 46.6 Å². The Morgan fingerprint density at radius 2 is 2.15 bits per heavy atom. The van der Waals surface area contributed by atoms with Crippen LogP contribution in [0.5, 0.6) is 0 Å². The van der Waals surface area contributed by atoms with Crippen molar-refractivity contribution in [2.75, 3.05) is 13.1 Å². The average Bonchev–Trinajstić information content (AvgIpc) is 3.11. The maximum atomic E-state index is 5.68. The molecule has 1 saturated carbocycles. The van der Waals surface area contributed by atoms with Crippen LogP contribution in [0.1, 0.15) is 37.8 Å². The van der Waals surface area contributed by atoms with E-state index in [1.165, 1.54) is 31.4 Å². The molecule has 2 aromatic rings. The summed E-state index contributed by atoms with van der Waals surface area (Å²) in [6, 6.07) is 6.87. The normalized spacial score (nSPS) is 16.5. The Hall–Kier alpha value is -1.39. The number of pyridine rings is 1. The standard InChI is InChI=1S/C16H24N4/c17-9-5-11-19(15-6-1-2-7-15)12-14-13-20-10-4-3-8-16(20)18-14/h3-4,8,10,13,15H,1-2,5-7,9,11-12,17H2. The molecule has 0 aliphatic heterocycles. The largest absolute Gasteiger partial charge is 0.330 e. The SMILES string of the molecule is NCCCN(Cc1cn2ccccc2n1)C1CCCC1. The van der Waals surface area contributed by atoms with Crippen molar-refractivity contribution in [3.63, 3.8) is 0 Å². The van der Waals surface area contributed by atoms with Crippen LogP contribution in [-0.4, -0.2) is 33.4 Å². The van der Waals surface area contributed by atoms with Gasteiger partial charge in [-0.1, -0.05) is 18.9 Å². The molecule has 2 heterocycles. The maximum Gasteiger partial charge on any atom is 0.137 e. The number of fused-ring (bicyclic) bond motifs is 1. The molecule has 4 nitrogen and oxygen atoms in total. The first-order valence-electron chi connectivity index (χ1n) is 7.73. The zero-order valence-electron chi connectivity index (χ0n) is 12.0. The summed E-state index contributed by atoms with van der Waals surface area (Å²) in [6.45, 7) is 2.82. The number of hydrogen-bond donors (Lipinski definition) is 1. The summed E-state index contributed by atoms with van der Waals surface area (Å²) in [4.78, 5) is 7.31. The fourth-order valence-corrected chi connectivity index (χ4v) is 3.23. The predicted octanol–water partition coefficient (Wildman–Crippen LogP) is 2.43. The summed E-state index contributed by atoms with van der Waals surface area (Å²) < 4.78 is 2.10. The Labute approximate surface area is 120 Å². The molecule has 0 spiro atoms. The Balaban J connectivity index is 1.73. The van der Waals surface area contributed by atoms with Crippen LogP contribution in [0.15, 0.2) is 30.6 Å². The lowest BCUT2D eigenvalue weighted by molar-refractivity contribution is 0.186. The lowest BCUT2D eigenvalue weighted by atomic mass is 10.2. The van der Waals surface area contributed by atoms with Gasteiger partial charge in [-0.05, 0) is 37.9 Å². The summed E-state index contributed by atoms with van der Waals surface area (Å²) in [6.07, 6.45) is 10.7.